The second-order valence-electron chi connectivity index (χ2n) is 4.30. The molecule has 0 aliphatic carbocycles. The minimum Gasteiger partial charge on any atom is -0.346 e. The second-order valence-corrected chi connectivity index (χ2v) is 6.92. The first-order chi connectivity index (χ1) is 7.33. The zero-order valence-electron chi connectivity index (χ0n) is 9.55. The number of benzene rings is 1. The van der Waals surface area contributed by atoms with Gasteiger partial charge in [0.25, 0.3) is 5.91 Å². The summed E-state index contributed by atoms with van der Waals surface area (Å²) in [6.45, 7) is 6.02. The standard InChI is InChI=1S/C12H15BrINO/c1-8(13)12(2,3)15-11(16)9-4-6-10(14)7-5-9/h4-8H,1-3H3,(H,15,16). The molecule has 0 aliphatic rings. The van der Waals surface area contributed by atoms with Crippen molar-refractivity contribution >= 4 is 44.4 Å². The monoisotopic (exact) mass is 395 g/mol. The van der Waals surface area contributed by atoms with Gasteiger partial charge < -0.3 is 5.32 Å². The lowest BCUT2D eigenvalue weighted by molar-refractivity contribution is 0.0914. The van der Waals surface area contributed by atoms with E-state index in [-0.39, 0.29) is 16.3 Å². The molecule has 1 aromatic rings. The third kappa shape index (κ3) is 3.73. The maximum atomic E-state index is 11.9. The molecule has 0 saturated heterocycles. The quantitative estimate of drug-likeness (QED) is 0.615. The van der Waals surface area contributed by atoms with Gasteiger partial charge in [-0.1, -0.05) is 22.9 Å². The Bertz CT molecular complexity index is 373. The van der Waals surface area contributed by atoms with E-state index in [1.807, 2.05) is 45.0 Å². The van der Waals surface area contributed by atoms with Crippen LogP contribution in [0.15, 0.2) is 24.3 Å². The van der Waals surface area contributed by atoms with Gasteiger partial charge in [0.15, 0.2) is 0 Å². The average Bonchev–Trinajstić information content (AvgIpc) is 2.17. The number of rotatable bonds is 3. The third-order valence-electron chi connectivity index (χ3n) is 2.54. The minimum absolute atomic E-state index is 0.0345. The molecule has 1 atom stereocenters. The lowest BCUT2D eigenvalue weighted by atomic mass is 10.0. The molecule has 0 heterocycles. The van der Waals surface area contributed by atoms with Crippen molar-refractivity contribution in [2.45, 2.75) is 31.1 Å². The van der Waals surface area contributed by atoms with Crippen LogP contribution in [0.3, 0.4) is 0 Å². The summed E-state index contributed by atoms with van der Waals surface area (Å²) in [5.74, 6) is -0.0345. The molecule has 1 aromatic carbocycles. The summed E-state index contributed by atoms with van der Waals surface area (Å²) < 4.78 is 1.13. The number of halogens is 2. The summed E-state index contributed by atoms with van der Waals surface area (Å²) in [6.07, 6.45) is 0. The van der Waals surface area contributed by atoms with E-state index >= 15 is 0 Å². The van der Waals surface area contributed by atoms with Gasteiger partial charge in [0.2, 0.25) is 0 Å². The van der Waals surface area contributed by atoms with E-state index in [0.717, 1.165) is 3.57 Å². The zero-order chi connectivity index (χ0) is 12.3. The van der Waals surface area contributed by atoms with Crippen LogP contribution in [0.1, 0.15) is 31.1 Å². The van der Waals surface area contributed by atoms with E-state index in [2.05, 4.69) is 43.8 Å². The van der Waals surface area contributed by atoms with Crippen molar-refractivity contribution in [3.05, 3.63) is 33.4 Å². The second kappa shape index (κ2) is 5.49. The van der Waals surface area contributed by atoms with Crippen LogP contribution >= 0.6 is 38.5 Å². The van der Waals surface area contributed by atoms with E-state index in [1.54, 1.807) is 0 Å². The fourth-order valence-corrected chi connectivity index (χ4v) is 1.54. The maximum Gasteiger partial charge on any atom is 0.251 e. The Morgan fingerprint density at radius 1 is 1.38 bits per heavy atom. The van der Waals surface area contributed by atoms with E-state index in [9.17, 15) is 4.79 Å². The van der Waals surface area contributed by atoms with E-state index < -0.39 is 0 Å². The Kier molecular flexibility index (Phi) is 4.79. The Morgan fingerprint density at radius 2 is 1.88 bits per heavy atom. The summed E-state index contributed by atoms with van der Waals surface area (Å²) in [7, 11) is 0. The number of carbonyl (C=O) groups excluding carboxylic acids is 1. The molecule has 0 aromatic heterocycles. The van der Waals surface area contributed by atoms with Crippen molar-refractivity contribution in [1.29, 1.82) is 0 Å². The Labute approximate surface area is 118 Å². The predicted molar refractivity (Wildman–Crippen MR) is 79.1 cm³/mol. The van der Waals surface area contributed by atoms with Gasteiger partial charge in [-0.2, -0.15) is 0 Å². The van der Waals surface area contributed by atoms with Crippen molar-refractivity contribution in [1.82, 2.24) is 5.32 Å². The third-order valence-corrected chi connectivity index (χ3v) is 4.40. The molecule has 0 bridgehead atoms. The van der Waals surface area contributed by atoms with Crippen LogP contribution in [0.4, 0.5) is 0 Å². The van der Waals surface area contributed by atoms with E-state index in [1.165, 1.54) is 0 Å². The molecule has 0 spiro atoms. The molecule has 2 nitrogen and oxygen atoms in total. The van der Waals surface area contributed by atoms with Crippen molar-refractivity contribution in [2.75, 3.05) is 0 Å². The molecule has 88 valence electrons. The van der Waals surface area contributed by atoms with Crippen LogP contribution in [0, 0.1) is 3.57 Å². The first kappa shape index (κ1) is 14.0. The molecule has 0 aliphatic heterocycles. The topological polar surface area (TPSA) is 29.1 Å². The highest BCUT2D eigenvalue weighted by atomic mass is 127. The van der Waals surface area contributed by atoms with Crippen molar-refractivity contribution in [2.24, 2.45) is 0 Å². The van der Waals surface area contributed by atoms with Gasteiger partial charge in [-0.05, 0) is 60.7 Å². The van der Waals surface area contributed by atoms with Gasteiger partial charge in [-0.3, -0.25) is 4.79 Å². The summed E-state index contributed by atoms with van der Waals surface area (Å²) in [6, 6.07) is 7.54. The van der Waals surface area contributed by atoms with Crippen molar-refractivity contribution in [3.8, 4) is 0 Å². The summed E-state index contributed by atoms with van der Waals surface area (Å²) in [5, 5.41) is 3.00. The molecule has 0 fully saturated rings. The predicted octanol–water partition coefficient (Wildman–Crippen LogP) is 3.58. The molecule has 1 unspecified atom stereocenters. The van der Waals surface area contributed by atoms with E-state index in [0.29, 0.717) is 5.56 Å². The highest BCUT2D eigenvalue weighted by Gasteiger charge is 2.25. The normalized spacial score (nSPS) is 13.3. The largest absolute Gasteiger partial charge is 0.346 e. The van der Waals surface area contributed by atoms with Crippen LogP contribution in [-0.2, 0) is 0 Å². The van der Waals surface area contributed by atoms with Crippen LogP contribution in [0.2, 0.25) is 0 Å². The average molecular weight is 396 g/mol. The maximum absolute atomic E-state index is 11.9. The number of hydrogen-bond donors (Lipinski definition) is 1. The molecule has 0 saturated carbocycles. The molecule has 0 radical (unpaired) electrons. The number of nitrogens with one attached hydrogen (secondary N) is 1. The summed E-state index contributed by atoms with van der Waals surface area (Å²) >= 11 is 5.71. The lowest BCUT2D eigenvalue weighted by Crippen LogP contribution is -2.48. The Balaban J connectivity index is 2.77. The van der Waals surface area contributed by atoms with Gasteiger partial charge in [-0.15, -0.1) is 0 Å². The fourth-order valence-electron chi connectivity index (χ4n) is 1.07. The Hall–Kier alpha value is -0.100. The molecule has 1 amide bonds. The molecular formula is C12H15BrINO. The summed E-state index contributed by atoms with van der Waals surface area (Å²) in [4.78, 5) is 12.2. The van der Waals surface area contributed by atoms with Crippen LogP contribution in [0.25, 0.3) is 0 Å². The molecule has 1 rings (SSSR count). The van der Waals surface area contributed by atoms with Crippen molar-refractivity contribution < 1.29 is 4.79 Å². The SMILES string of the molecule is CC(Br)C(C)(C)NC(=O)c1ccc(I)cc1. The van der Waals surface area contributed by atoms with Crippen molar-refractivity contribution in [3.63, 3.8) is 0 Å². The van der Waals surface area contributed by atoms with Gasteiger partial charge in [0.05, 0.1) is 0 Å². The Morgan fingerprint density at radius 3 is 2.31 bits per heavy atom. The number of amides is 1. The lowest BCUT2D eigenvalue weighted by Gasteiger charge is -2.29. The molecule has 4 heteroatoms. The highest BCUT2D eigenvalue weighted by molar-refractivity contribution is 14.1. The van der Waals surface area contributed by atoms with Gasteiger partial charge >= 0.3 is 0 Å². The van der Waals surface area contributed by atoms with Gasteiger partial charge in [0, 0.05) is 19.5 Å². The number of alkyl halides is 1. The van der Waals surface area contributed by atoms with Gasteiger partial charge in [0.1, 0.15) is 0 Å². The molecular weight excluding hydrogens is 381 g/mol. The van der Waals surface area contributed by atoms with Crippen LogP contribution in [-0.4, -0.2) is 16.3 Å². The fraction of sp³-hybridized carbons (Fsp3) is 0.417. The first-order valence-electron chi connectivity index (χ1n) is 5.05. The zero-order valence-corrected chi connectivity index (χ0v) is 13.3. The minimum atomic E-state index is -0.264. The highest BCUT2D eigenvalue weighted by Crippen LogP contribution is 2.17. The summed E-state index contributed by atoms with van der Waals surface area (Å²) in [5.41, 5.74) is 0.432. The van der Waals surface area contributed by atoms with Crippen LogP contribution in [0.5, 0.6) is 0 Å². The van der Waals surface area contributed by atoms with Crippen LogP contribution < -0.4 is 5.32 Å². The number of hydrogen-bond acceptors (Lipinski definition) is 1. The van der Waals surface area contributed by atoms with E-state index in [4.69, 9.17) is 0 Å². The first-order valence-corrected chi connectivity index (χ1v) is 7.04. The molecule has 16 heavy (non-hydrogen) atoms. The number of carbonyl (C=O) groups is 1. The smallest absolute Gasteiger partial charge is 0.251 e. The molecule has 1 N–H and O–H groups in total. The van der Waals surface area contributed by atoms with Gasteiger partial charge in [-0.25, -0.2) is 0 Å².